The summed E-state index contributed by atoms with van der Waals surface area (Å²) in [5.74, 6) is 3.44. The summed E-state index contributed by atoms with van der Waals surface area (Å²) in [5, 5.41) is 4.32. The molecule has 0 spiro atoms. The maximum atomic E-state index is 5.44. The number of hydrogen-bond acceptors (Lipinski definition) is 9. The van der Waals surface area contributed by atoms with E-state index in [1.165, 1.54) is 0 Å². The summed E-state index contributed by atoms with van der Waals surface area (Å²) in [6, 6.07) is 4.04. The van der Waals surface area contributed by atoms with E-state index >= 15 is 0 Å². The highest BCUT2D eigenvalue weighted by molar-refractivity contribution is 5.50. The minimum Gasteiger partial charge on any atom is -0.378 e. The second kappa shape index (κ2) is 7.19. The maximum Gasteiger partial charge on any atom is 0.254 e. The number of anilines is 3. The topological polar surface area (TPSA) is 87.8 Å². The van der Waals surface area contributed by atoms with E-state index in [0.29, 0.717) is 5.78 Å². The Morgan fingerprint density at radius 3 is 2.50 bits per heavy atom. The van der Waals surface area contributed by atoms with Crippen LogP contribution in [0.25, 0.3) is 5.78 Å². The molecular weight excluding hydrogens is 358 g/mol. The summed E-state index contributed by atoms with van der Waals surface area (Å²) in [5.41, 5.74) is 0.944. The van der Waals surface area contributed by atoms with Crippen molar-refractivity contribution in [1.82, 2.24) is 29.5 Å². The van der Waals surface area contributed by atoms with E-state index in [2.05, 4.69) is 40.8 Å². The van der Waals surface area contributed by atoms with Crippen LogP contribution < -0.4 is 14.7 Å². The van der Waals surface area contributed by atoms with E-state index in [1.807, 2.05) is 19.2 Å². The van der Waals surface area contributed by atoms with Gasteiger partial charge in [0.15, 0.2) is 0 Å². The molecule has 0 radical (unpaired) electrons. The first kappa shape index (κ1) is 17.1. The smallest absolute Gasteiger partial charge is 0.254 e. The van der Waals surface area contributed by atoms with Crippen LogP contribution in [0.1, 0.15) is 5.69 Å². The second-order valence-electron chi connectivity index (χ2n) is 7.02. The molecule has 0 unspecified atom stereocenters. The number of fused-ring (bicyclic) bond motifs is 1. The van der Waals surface area contributed by atoms with Crippen molar-refractivity contribution in [3.8, 4) is 0 Å². The predicted octanol–water partition coefficient (Wildman–Crippen LogP) is 0.386. The number of aryl methyl sites for hydroxylation is 1. The zero-order valence-electron chi connectivity index (χ0n) is 15.9. The van der Waals surface area contributed by atoms with E-state index in [9.17, 15) is 0 Å². The molecule has 5 heterocycles. The molecule has 0 amide bonds. The predicted molar refractivity (Wildman–Crippen MR) is 105 cm³/mol. The summed E-state index contributed by atoms with van der Waals surface area (Å²) in [6.07, 6.45) is 3.40. The van der Waals surface area contributed by atoms with Crippen molar-refractivity contribution in [1.29, 1.82) is 0 Å². The first-order valence-corrected chi connectivity index (χ1v) is 9.61. The van der Waals surface area contributed by atoms with E-state index in [4.69, 9.17) is 9.72 Å². The quantitative estimate of drug-likeness (QED) is 0.639. The Morgan fingerprint density at radius 1 is 0.893 bits per heavy atom. The first-order valence-electron chi connectivity index (χ1n) is 9.61. The van der Waals surface area contributed by atoms with Gasteiger partial charge in [-0.2, -0.15) is 19.6 Å². The van der Waals surface area contributed by atoms with Gasteiger partial charge in [0.1, 0.15) is 18.0 Å². The SMILES string of the molecule is Cc1cc(N2CCN(c3nccc(N4CCOCC4)n3)CC2)n2ncnc2n1. The molecule has 5 rings (SSSR count). The lowest BCUT2D eigenvalue weighted by atomic mass is 10.3. The Kier molecular flexibility index (Phi) is 4.40. The monoisotopic (exact) mass is 381 g/mol. The molecule has 2 aliphatic rings. The lowest BCUT2D eigenvalue weighted by Gasteiger charge is -2.36. The number of aromatic nitrogens is 6. The van der Waals surface area contributed by atoms with Crippen molar-refractivity contribution in [2.24, 2.45) is 0 Å². The van der Waals surface area contributed by atoms with Crippen molar-refractivity contribution in [2.45, 2.75) is 6.92 Å². The number of ether oxygens (including phenoxy) is 1. The largest absolute Gasteiger partial charge is 0.378 e. The van der Waals surface area contributed by atoms with Gasteiger partial charge in [-0.25, -0.2) is 9.97 Å². The summed E-state index contributed by atoms with van der Waals surface area (Å²) >= 11 is 0. The highest BCUT2D eigenvalue weighted by Crippen LogP contribution is 2.21. The molecule has 0 bridgehead atoms. The molecule has 146 valence electrons. The minimum atomic E-state index is 0.638. The van der Waals surface area contributed by atoms with Gasteiger partial charge in [0.25, 0.3) is 5.78 Å². The molecule has 0 saturated carbocycles. The Labute approximate surface area is 162 Å². The van der Waals surface area contributed by atoms with Crippen LogP contribution in [0.4, 0.5) is 17.6 Å². The van der Waals surface area contributed by atoms with Crippen LogP contribution in [-0.2, 0) is 4.74 Å². The molecule has 3 aromatic rings. The van der Waals surface area contributed by atoms with Crippen LogP contribution in [0.2, 0.25) is 0 Å². The highest BCUT2D eigenvalue weighted by atomic mass is 16.5. The lowest BCUT2D eigenvalue weighted by Crippen LogP contribution is -2.48. The fraction of sp³-hybridized carbons (Fsp3) is 0.500. The fourth-order valence-electron chi connectivity index (χ4n) is 3.73. The van der Waals surface area contributed by atoms with Crippen LogP contribution in [0, 0.1) is 6.92 Å². The average Bonchev–Trinajstić information content (AvgIpc) is 3.22. The van der Waals surface area contributed by atoms with Crippen LogP contribution in [0.15, 0.2) is 24.7 Å². The molecule has 10 nitrogen and oxygen atoms in total. The number of piperazine rings is 1. The Hall–Kier alpha value is -3.01. The molecule has 0 aliphatic carbocycles. The first-order chi connectivity index (χ1) is 13.8. The Balaban J connectivity index is 1.31. The van der Waals surface area contributed by atoms with Gasteiger partial charge in [0.05, 0.1) is 13.2 Å². The standard InChI is InChI=1S/C18H23N9O/c1-14-12-16(27-18(22-14)20-13-21-27)25-4-6-26(7-5-25)17-19-3-2-15(23-17)24-8-10-28-11-9-24/h2-3,12-13H,4-11H2,1H3. The number of rotatable bonds is 3. The fourth-order valence-corrected chi connectivity index (χ4v) is 3.73. The second-order valence-corrected chi connectivity index (χ2v) is 7.02. The molecule has 28 heavy (non-hydrogen) atoms. The van der Waals surface area contributed by atoms with Gasteiger partial charge < -0.3 is 19.4 Å². The minimum absolute atomic E-state index is 0.638. The Bertz CT molecular complexity index is 961. The van der Waals surface area contributed by atoms with Gasteiger partial charge in [0, 0.05) is 57.2 Å². The van der Waals surface area contributed by atoms with Crippen molar-refractivity contribution >= 4 is 23.4 Å². The van der Waals surface area contributed by atoms with Gasteiger partial charge in [-0.15, -0.1) is 0 Å². The van der Waals surface area contributed by atoms with Crippen molar-refractivity contribution < 1.29 is 4.74 Å². The van der Waals surface area contributed by atoms with Gasteiger partial charge >= 0.3 is 0 Å². The summed E-state index contributed by atoms with van der Waals surface area (Å²) in [4.78, 5) is 24.8. The van der Waals surface area contributed by atoms with Gasteiger partial charge in [-0.3, -0.25) is 0 Å². The van der Waals surface area contributed by atoms with E-state index in [1.54, 1.807) is 10.8 Å². The van der Waals surface area contributed by atoms with Crippen molar-refractivity contribution in [3.05, 3.63) is 30.4 Å². The third kappa shape index (κ3) is 3.19. The van der Waals surface area contributed by atoms with Crippen LogP contribution >= 0.6 is 0 Å². The molecule has 2 aliphatic heterocycles. The maximum absolute atomic E-state index is 5.44. The van der Waals surface area contributed by atoms with Crippen molar-refractivity contribution in [2.75, 3.05) is 67.2 Å². The third-order valence-electron chi connectivity index (χ3n) is 5.21. The molecule has 10 heteroatoms. The number of hydrogen-bond donors (Lipinski definition) is 0. The van der Waals surface area contributed by atoms with E-state index < -0.39 is 0 Å². The zero-order chi connectivity index (χ0) is 18.9. The lowest BCUT2D eigenvalue weighted by molar-refractivity contribution is 0.122. The molecule has 2 saturated heterocycles. The van der Waals surface area contributed by atoms with E-state index in [0.717, 1.165) is 75.8 Å². The zero-order valence-corrected chi connectivity index (χ0v) is 15.9. The molecule has 0 N–H and O–H groups in total. The average molecular weight is 381 g/mol. The van der Waals surface area contributed by atoms with E-state index in [-0.39, 0.29) is 0 Å². The highest BCUT2D eigenvalue weighted by Gasteiger charge is 2.23. The molecule has 0 atom stereocenters. The van der Waals surface area contributed by atoms with Gasteiger partial charge in [0.2, 0.25) is 5.95 Å². The molecule has 2 fully saturated rings. The molecule has 0 aromatic carbocycles. The number of morpholine rings is 1. The Morgan fingerprint density at radius 2 is 1.68 bits per heavy atom. The van der Waals surface area contributed by atoms with Crippen LogP contribution in [-0.4, -0.2) is 82.0 Å². The van der Waals surface area contributed by atoms with Crippen LogP contribution in [0.3, 0.4) is 0 Å². The van der Waals surface area contributed by atoms with Crippen molar-refractivity contribution in [3.63, 3.8) is 0 Å². The molecular formula is C18H23N9O. The number of nitrogens with zero attached hydrogens (tertiary/aromatic N) is 9. The van der Waals surface area contributed by atoms with Gasteiger partial charge in [-0.1, -0.05) is 0 Å². The molecule has 3 aromatic heterocycles. The summed E-state index contributed by atoms with van der Waals surface area (Å²) < 4.78 is 7.24. The van der Waals surface area contributed by atoms with Crippen LogP contribution in [0.5, 0.6) is 0 Å². The van der Waals surface area contributed by atoms with Gasteiger partial charge in [-0.05, 0) is 13.0 Å². The summed E-state index contributed by atoms with van der Waals surface area (Å²) in [7, 11) is 0. The summed E-state index contributed by atoms with van der Waals surface area (Å²) in [6.45, 7) is 8.67. The normalized spacial score (nSPS) is 18.1. The third-order valence-corrected chi connectivity index (χ3v) is 5.21.